The molecule has 134 valence electrons. The summed E-state index contributed by atoms with van der Waals surface area (Å²) < 4.78 is 0. The number of nitrogens with zero attached hydrogens (tertiary/aromatic N) is 4. The molecule has 0 saturated carbocycles. The van der Waals surface area contributed by atoms with Crippen LogP contribution in [0.1, 0.15) is 78.6 Å². The van der Waals surface area contributed by atoms with Crippen LogP contribution in [-0.2, 0) is 6.42 Å². The first-order valence-electron chi connectivity index (χ1n) is 9.16. The molecule has 1 aliphatic heterocycles. The van der Waals surface area contributed by atoms with Crippen LogP contribution >= 0.6 is 0 Å². The van der Waals surface area contributed by atoms with Gasteiger partial charge >= 0.3 is 0 Å². The molecule has 3 rings (SSSR count). The Morgan fingerprint density at radius 1 is 1.40 bits per heavy atom. The molecule has 0 aromatic carbocycles. The van der Waals surface area contributed by atoms with Gasteiger partial charge < -0.3 is 4.90 Å². The van der Waals surface area contributed by atoms with E-state index >= 15 is 0 Å². The summed E-state index contributed by atoms with van der Waals surface area (Å²) in [7, 11) is 0. The van der Waals surface area contributed by atoms with Crippen LogP contribution in [0.3, 0.4) is 0 Å². The Kier molecular flexibility index (Phi) is 5.16. The minimum atomic E-state index is 0.0371. The standard InChI is InChI=1S/C19H27N5O/c1-5-14-9-21-23-17(14)15-7-6-8-24(11-15)19(25)16-10-20-18(12(2)3)22-13(16)4/h9-10,12,15H,5-8,11H2,1-4H3,(H,21,23). The summed E-state index contributed by atoms with van der Waals surface area (Å²) in [6, 6.07) is 0. The monoisotopic (exact) mass is 341 g/mol. The zero-order valence-corrected chi connectivity index (χ0v) is 15.5. The molecule has 1 N–H and O–H groups in total. The van der Waals surface area contributed by atoms with Crippen LogP contribution in [0.2, 0.25) is 0 Å². The second kappa shape index (κ2) is 7.33. The van der Waals surface area contributed by atoms with Gasteiger partial charge in [-0.25, -0.2) is 9.97 Å². The second-order valence-electron chi connectivity index (χ2n) is 7.13. The Hall–Kier alpha value is -2.24. The van der Waals surface area contributed by atoms with E-state index in [0.717, 1.165) is 43.9 Å². The smallest absolute Gasteiger partial charge is 0.257 e. The van der Waals surface area contributed by atoms with Crippen molar-refractivity contribution >= 4 is 5.91 Å². The van der Waals surface area contributed by atoms with Crippen molar-refractivity contribution in [2.24, 2.45) is 0 Å². The number of carbonyl (C=O) groups excluding carboxylic acids is 1. The summed E-state index contributed by atoms with van der Waals surface area (Å²) in [5, 5.41) is 7.33. The van der Waals surface area contributed by atoms with E-state index in [-0.39, 0.29) is 11.8 Å². The minimum Gasteiger partial charge on any atom is -0.338 e. The summed E-state index contributed by atoms with van der Waals surface area (Å²) in [5.74, 6) is 1.41. The zero-order chi connectivity index (χ0) is 18.0. The van der Waals surface area contributed by atoms with E-state index in [9.17, 15) is 4.79 Å². The zero-order valence-electron chi connectivity index (χ0n) is 15.5. The molecule has 0 spiro atoms. The summed E-state index contributed by atoms with van der Waals surface area (Å²) in [4.78, 5) is 23.8. The molecule has 2 aromatic rings. The van der Waals surface area contributed by atoms with Crippen LogP contribution < -0.4 is 0 Å². The van der Waals surface area contributed by atoms with Crippen molar-refractivity contribution in [3.05, 3.63) is 40.7 Å². The lowest BCUT2D eigenvalue weighted by molar-refractivity contribution is 0.0703. The van der Waals surface area contributed by atoms with Gasteiger partial charge in [0.15, 0.2) is 0 Å². The fourth-order valence-corrected chi connectivity index (χ4v) is 3.50. The molecule has 1 amide bonds. The fourth-order valence-electron chi connectivity index (χ4n) is 3.50. The Morgan fingerprint density at radius 2 is 2.20 bits per heavy atom. The van der Waals surface area contributed by atoms with E-state index in [1.807, 2.05) is 18.0 Å². The minimum absolute atomic E-state index is 0.0371. The lowest BCUT2D eigenvalue weighted by atomic mass is 9.91. The molecule has 6 nitrogen and oxygen atoms in total. The van der Waals surface area contributed by atoms with E-state index in [1.165, 1.54) is 11.3 Å². The average Bonchev–Trinajstić information content (AvgIpc) is 3.10. The number of aromatic amines is 1. The first-order chi connectivity index (χ1) is 12.0. The normalized spacial score (nSPS) is 18.0. The lowest BCUT2D eigenvalue weighted by Gasteiger charge is -2.33. The molecule has 3 heterocycles. The van der Waals surface area contributed by atoms with Gasteiger partial charge in [0.05, 0.1) is 17.5 Å². The summed E-state index contributed by atoms with van der Waals surface area (Å²) in [6.07, 6.45) is 6.64. The number of piperidine rings is 1. The largest absolute Gasteiger partial charge is 0.338 e. The maximum absolute atomic E-state index is 13.0. The summed E-state index contributed by atoms with van der Waals surface area (Å²) in [5.41, 5.74) is 3.82. The highest BCUT2D eigenvalue weighted by molar-refractivity contribution is 5.95. The van der Waals surface area contributed by atoms with E-state index in [1.54, 1.807) is 6.20 Å². The summed E-state index contributed by atoms with van der Waals surface area (Å²) in [6.45, 7) is 9.65. The van der Waals surface area contributed by atoms with Crippen LogP contribution in [0, 0.1) is 6.92 Å². The van der Waals surface area contributed by atoms with Crippen molar-refractivity contribution in [2.75, 3.05) is 13.1 Å². The molecule has 0 bridgehead atoms. The number of carbonyl (C=O) groups is 1. The molecular weight excluding hydrogens is 314 g/mol. The number of aryl methyl sites for hydroxylation is 2. The third kappa shape index (κ3) is 3.57. The van der Waals surface area contributed by atoms with Gasteiger partial charge in [0.1, 0.15) is 5.82 Å². The highest BCUT2D eigenvalue weighted by atomic mass is 16.2. The molecule has 0 radical (unpaired) electrons. The first kappa shape index (κ1) is 17.6. The SMILES string of the molecule is CCc1cn[nH]c1C1CCCN(C(=O)c2cnc(C(C)C)nc2C)C1. The lowest BCUT2D eigenvalue weighted by Crippen LogP contribution is -2.39. The van der Waals surface area contributed by atoms with Gasteiger partial charge in [0.25, 0.3) is 5.91 Å². The third-order valence-corrected chi connectivity index (χ3v) is 4.99. The molecule has 1 atom stereocenters. The molecule has 2 aromatic heterocycles. The Morgan fingerprint density at radius 3 is 2.88 bits per heavy atom. The number of hydrogen-bond acceptors (Lipinski definition) is 4. The summed E-state index contributed by atoms with van der Waals surface area (Å²) >= 11 is 0. The van der Waals surface area contributed by atoms with E-state index in [4.69, 9.17) is 0 Å². The maximum atomic E-state index is 13.0. The van der Waals surface area contributed by atoms with Gasteiger partial charge in [-0.05, 0) is 31.7 Å². The third-order valence-electron chi connectivity index (χ3n) is 4.99. The first-order valence-corrected chi connectivity index (χ1v) is 9.16. The molecule has 1 aliphatic rings. The Balaban J connectivity index is 1.78. The molecule has 0 aliphatic carbocycles. The highest BCUT2D eigenvalue weighted by Crippen LogP contribution is 2.29. The van der Waals surface area contributed by atoms with E-state index in [2.05, 4.69) is 40.9 Å². The fraction of sp³-hybridized carbons (Fsp3) is 0.579. The second-order valence-corrected chi connectivity index (χ2v) is 7.13. The van der Waals surface area contributed by atoms with Crippen LogP contribution in [0.25, 0.3) is 0 Å². The van der Waals surface area contributed by atoms with Crippen molar-refractivity contribution in [2.45, 2.75) is 58.8 Å². The predicted octanol–water partition coefficient (Wildman–Crippen LogP) is 3.21. The molecule has 6 heteroatoms. The van der Waals surface area contributed by atoms with Gasteiger partial charge in [-0.2, -0.15) is 5.10 Å². The number of hydrogen-bond donors (Lipinski definition) is 1. The molecule has 25 heavy (non-hydrogen) atoms. The number of amides is 1. The number of likely N-dealkylation sites (tertiary alicyclic amines) is 1. The van der Waals surface area contributed by atoms with Crippen LogP contribution in [-0.4, -0.2) is 44.1 Å². The molecule has 1 fully saturated rings. The van der Waals surface area contributed by atoms with E-state index in [0.29, 0.717) is 11.5 Å². The van der Waals surface area contributed by atoms with Crippen molar-refractivity contribution in [1.29, 1.82) is 0 Å². The average molecular weight is 341 g/mol. The molecule has 1 unspecified atom stereocenters. The Labute approximate surface area is 149 Å². The van der Waals surface area contributed by atoms with Crippen molar-refractivity contribution < 1.29 is 4.79 Å². The number of nitrogens with one attached hydrogen (secondary N) is 1. The Bertz CT molecular complexity index is 752. The van der Waals surface area contributed by atoms with Crippen LogP contribution in [0.15, 0.2) is 12.4 Å². The molecular formula is C19H27N5O. The maximum Gasteiger partial charge on any atom is 0.257 e. The quantitative estimate of drug-likeness (QED) is 0.926. The highest BCUT2D eigenvalue weighted by Gasteiger charge is 2.28. The van der Waals surface area contributed by atoms with Gasteiger partial charge in [-0.1, -0.05) is 20.8 Å². The number of aromatic nitrogens is 4. The van der Waals surface area contributed by atoms with Gasteiger partial charge in [0, 0.05) is 36.8 Å². The van der Waals surface area contributed by atoms with Crippen molar-refractivity contribution in [3.8, 4) is 0 Å². The predicted molar refractivity (Wildman–Crippen MR) is 96.7 cm³/mol. The van der Waals surface area contributed by atoms with Gasteiger partial charge in [-0.15, -0.1) is 0 Å². The van der Waals surface area contributed by atoms with E-state index < -0.39 is 0 Å². The molecule has 1 saturated heterocycles. The number of rotatable bonds is 4. The van der Waals surface area contributed by atoms with Gasteiger partial charge in [0.2, 0.25) is 0 Å². The van der Waals surface area contributed by atoms with Crippen molar-refractivity contribution in [3.63, 3.8) is 0 Å². The van der Waals surface area contributed by atoms with Gasteiger partial charge in [-0.3, -0.25) is 9.89 Å². The van der Waals surface area contributed by atoms with Crippen molar-refractivity contribution in [1.82, 2.24) is 25.1 Å². The topological polar surface area (TPSA) is 74.8 Å². The number of H-pyrrole nitrogens is 1. The van der Waals surface area contributed by atoms with Crippen LogP contribution in [0.4, 0.5) is 0 Å². The van der Waals surface area contributed by atoms with Crippen LogP contribution in [0.5, 0.6) is 0 Å².